The molecule has 3 aliphatic rings. The number of alkyl halides is 3. The van der Waals surface area contributed by atoms with E-state index in [4.69, 9.17) is 4.74 Å². The molecule has 0 aliphatic carbocycles. The Morgan fingerprint density at radius 2 is 1.71 bits per heavy atom. The summed E-state index contributed by atoms with van der Waals surface area (Å²) in [5.74, 6) is 0. The summed E-state index contributed by atoms with van der Waals surface area (Å²) in [6, 6.07) is 1.74. The van der Waals surface area contributed by atoms with E-state index in [0.717, 1.165) is 51.3 Å². The maximum atomic E-state index is 12.8. The van der Waals surface area contributed by atoms with Gasteiger partial charge in [-0.2, -0.15) is 17.5 Å². The first-order valence-corrected chi connectivity index (χ1v) is 10.8. The first-order valence-electron chi connectivity index (χ1n) is 9.33. The van der Waals surface area contributed by atoms with Crippen molar-refractivity contribution in [3.8, 4) is 0 Å². The van der Waals surface area contributed by atoms with Crippen LogP contribution in [0.1, 0.15) is 31.2 Å². The molecule has 3 saturated heterocycles. The van der Waals surface area contributed by atoms with Crippen LogP contribution < -0.4 is 0 Å². The Morgan fingerprint density at radius 3 is 2.25 bits per heavy atom. The smallest absolute Gasteiger partial charge is 0.381 e. The van der Waals surface area contributed by atoms with Crippen molar-refractivity contribution in [1.82, 2.24) is 14.2 Å². The van der Waals surface area contributed by atoms with Crippen LogP contribution in [0.3, 0.4) is 0 Å². The molecule has 0 radical (unpaired) electrons. The van der Waals surface area contributed by atoms with Crippen LogP contribution in [0.5, 0.6) is 0 Å². The first kappa shape index (κ1) is 20.1. The molecule has 4 heterocycles. The summed E-state index contributed by atoms with van der Waals surface area (Å²) in [6.45, 7) is 7.53. The molecule has 0 amide bonds. The number of aromatic nitrogens is 1. The molecule has 0 unspecified atom stereocenters. The van der Waals surface area contributed by atoms with E-state index in [1.165, 1.54) is 11.2 Å². The van der Waals surface area contributed by atoms with Crippen molar-refractivity contribution >= 4 is 10.0 Å². The van der Waals surface area contributed by atoms with E-state index in [2.05, 4.69) is 16.8 Å². The highest BCUT2D eigenvalue weighted by molar-refractivity contribution is 7.89. The maximum absolute atomic E-state index is 12.8. The van der Waals surface area contributed by atoms with Gasteiger partial charge in [0.1, 0.15) is 10.6 Å². The Kier molecular flexibility index (Phi) is 4.57. The van der Waals surface area contributed by atoms with Crippen LogP contribution in [0, 0.1) is 12.3 Å². The van der Waals surface area contributed by atoms with Gasteiger partial charge in [0.15, 0.2) is 0 Å². The Bertz CT molecular complexity index is 868. The van der Waals surface area contributed by atoms with E-state index in [1.54, 1.807) is 0 Å². The van der Waals surface area contributed by atoms with Gasteiger partial charge in [0.05, 0.1) is 5.69 Å². The molecule has 0 atom stereocenters. The van der Waals surface area contributed by atoms with Gasteiger partial charge < -0.3 is 4.74 Å². The van der Waals surface area contributed by atoms with Crippen LogP contribution in [-0.2, 0) is 20.9 Å². The summed E-state index contributed by atoms with van der Waals surface area (Å²) >= 11 is 0. The number of rotatable bonds is 3. The Balaban J connectivity index is 1.42. The van der Waals surface area contributed by atoms with E-state index >= 15 is 0 Å². The molecule has 28 heavy (non-hydrogen) atoms. The van der Waals surface area contributed by atoms with Gasteiger partial charge in [-0.05, 0) is 38.8 Å². The molecule has 156 valence electrons. The lowest BCUT2D eigenvalue weighted by atomic mass is 9.71. The fraction of sp³-hybridized carbons (Fsp3) is 0.722. The molecule has 1 aromatic rings. The van der Waals surface area contributed by atoms with Crippen molar-refractivity contribution in [2.45, 2.75) is 43.3 Å². The van der Waals surface area contributed by atoms with Crippen LogP contribution in [-0.4, -0.2) is 67.5 Å². The minimum atomic E-state index is -4.59. The van der Waals surface area contributed by atoms with Gasteiger partial charge in [0, 0.05) is 50.3 Å². The van der Waals surface area contributed by atoms with E-state index in [-0.39, 0.29) is 21.5 Å². The zero-order valence-corrected chi connectivity index (χ0v) is 16.7. The summed E-state index contributed by atoms with van der Waals surface area (Å²) < 4.78 is 70.8. The number of hydrogen-bond acceptors (Lipinski definition) is 5. The highest BCUT2D eigenvalue weighted by atomic mass is 32.2. The van der Waals surface area contributed by atoms with Crippen LogP contribution in [0.4, 0.5) is 13.2 Å². The summed E-state index contributed by atoms with van der Waals surface area (Å²) in [7, 11) is -3.84. The maximum Gasteiger partial charge on any atom is 0.433 e. The number of sulfonamides is 1. The van der Waals surface area contributed by atoms with Gasteiger partial charge in [0.25, 0.3) is 0 Å². The fourth-order valence-corrected chi connectivity index (χ4v) is 6.29. The van der Waals surface area contributed by atoms with Gasteiger partial charge in [0.2, 0.25) is 10.0 Å². The van der Waals surface area contributed by atoms with Crippen molar-refractivity contribution in [2.75, 3.05) is 39.4 Å². The largest absolute Gasteiger partial charge is 0.433 e. The third kappa shape index (κ3) is 3.24. The lowest BCUT2D eigenvalue weighted by Gasteiger charge is -2.64. The summed E-state index contributed by atoms with van der Waals surface area (Å²) in [5, 5.41) is 0. The third-order valence-electron chi connectivity index (χ3n) is 6.36. The normalized spacial score (nSPS) is 25.3. The minimum absolute atomic E-state index is 0.0401. The van der Waals surface area contributed by atoms with Crippen LogP contribution in [0.15, 0.2) is 17.0 Å². The van der Waals surface area contributed by atoms with E-state index in [0.29, 0.717) is 13.1 Å². The van der Waals surface area contributed by atoms with Gasteiger partial charge in [-0.1, -0.05) is 0 Å². The summed E-state index contributed by atoms with van der Waals surface area (Å²) in [4.78, 5) is 5.71. The summed E-state index contributed by atoms with van der Waals surface area (Å²) in [5.41, 5.74) is -1.14. The fourth-order valence-electron chi connectivity index (χ4n) is 4.46. The highest BCUT2D eigenvalue weighted by Crippen LogP contribution is 2.47. The second-order valence-electron chi connectivity index (χ2n) is 8.52. The molecule has 0 aromatic carbocycles. The number of halogens is 3. The van der Waals surface area contributed by atoms with Crippen molar-refractivity contribution in [3.63, 3.8) is 0 Å². The molecule has 0 saturated carbocycles. The van der Waals surface area contributed by atoms with Crippen molar-refractivity contribution in [1.29, 1.82) is 0 Å². The topological polar surface area (TPSA) is 62.7 Å². The minimum Gasteiger partial charge on any atom is -0.381 e. The molecule has 1 aromatic heterocycles. The quantitative estimate of drug-likeness (QED) is 0.752. The lowest BCUT2D eigenvalue weighted by molar-refractivity contribution is -0.148. The third-order valence-corrected chi connectivity index (χ3v) is 8.28. The van der Waals surface area contributed by atoms with E-state index < -0.39 is 21.9 Å². The van der Waals surface area contributed by atoms with E-state index in [9.17, 15) is 21.6 Å². The molecule has 10 heteroatoms. The predicted octanol–water partition coefficient (Wildman–Crippen LogP) is 2.28. The van der Waals surface area contributed by atoms with Gasteiger partial charge in [-0.3, -0.25) is 4.90 Å². The number of ether oxygens (including phenoxy) is 1. The molecule has 0 bridgehead atoms. The molecular formula is C18H24F3N3O3S. The molecule has 3 fully saturated rings. The van der Waals surface area contributed by atoms with E-state index in [1.807, 2.05) is 0 Å². The Morgan fingerprint density at radius 1 is 1.11 bits per heavy atom. The van der Waals surface area contributed by atoms with Crippen molar-refractivity contribution in [2.24, 2.45) is 5.41 Å². The van der Waals surface area contributed by atoms with Crippen molar-refractivity contribution < 1.29 is 26.3 Å². The molecule has 1 spiro atoms. The second-order valence-corrected chi connectivity index (χ2v) is 10.4. The second kappa shape index (κ2) is 6.38. The zero-order valence-electron chi connectivity index (χ0n) is 15.9. The highest BCUT2D eigenvalue weighted by Gasteiger charge is 2.58. The predicted molar refractivity (Wildman–Crippen MR) is 95.2 cm³/mol. The average Bonchev–Trinajstić information content (AvgIpc) is 2.51. The number of aryl methyl sites for hydroxylation is 1. The van der Waals surface area contributed by atoms with Crippen molar-refractivity contribution in [3.05, 3.63) is 23.5 Å². The average molecular weight is 419 g/mol. The molecular weight excluding hydrogens is 395 g/mol. The Labute approximate surface area is 162 Å². The Hall–Kier alpha value is -1.23. The molecule has 3 aliphatic heterocycles. The van der Waals surface area contributed by atoms with Gasteiger partial charge in [-0.25, -0.2) is 13.4 Å². The number of hydrogen-bond donors (Lipinski definition) is 0. The monoisotopic (exact) mass is 419 g/mol. The van der Waals surface area contributed by atoms with Gasteiger partial charge >= 0.3 is 6.18 Å². The molecule has 6 nitrogen and oxygen atoms in total. The van der Waals surface area contributed by atoms with Crippen LogP contribution in [0.2, 0.25) is 0 Å². The van der Waals surface area contributed by atoms with Gasteiger partial charge in [-0.15, -0.1) is 0 Å². The molecule has 4 rings (SSSR count). The van der Waals surface area contributed by atoms with Crippen LogP contribution >= 0.6 is 0 Å². The lowest BCUT2D eigenvalue weighted by Crippen LogP contribution is -2.76. The number of likely N-dealkylation sites (tertiary alicyclic amines) is 1. The number of nitrogens with zero attached hydrogens (tertiary/aromatic N) is 3. The SMILES string of the molecule is Cc1nc(C(F)(F)F)ccc1S(=O)(=O)N1CC2(CN(C3(C)CCOCC3)C2)C1. The number of pyridine rings is 1. The molecule has 0 N–H and O–H groups in total. The first-order chi connectivity index (χ1) is 13.0. The van der Waals surface area contributed by atoms with Crippen LogP contribution in [0.25, 0.3) is 0 Å². The standard InChI is InChI=1S/C18H24F3N3O3S/c1-13-14(3-4-15(22-13)18(19,20)21)28(25,26)24-11-17(12-24)9-23(10-17)16(2)5-7-27-8-6-16/h3-4H,5-12H2,1-2H3. The summed E-state index contributed by atoms with van der Waals surface area (Å²) in [6.07, 6.45) is -2.65. The zero-order chi connectivity index (χ0) is 20.4.